The number of hydrazine groups is 1. The first kappa shape index (κ1) is 14.5. The Morgan fingerprint density at radius 2 is 2.05 bits per heavy atom. The summed E-state index contributed by atoms with van der Waals surface area (Å²) >= 11 is 0. The minimum atomic E-state index is 0.246. The van der Waals surface area contributed by atoms with Crippen LogP contribution < -0.4 is 11.3 Å². The van der Waals surface area contributed by atoms with Gasteiger partial charge < -0.3 is 4.74 Å². The molecule has 1 fully saturated rings. The summed E-state index contributed by atoms with van der Waals surface area (Å²) in [5.41, 5.74) is 5.73. The van der Waals surface area contributed by atoms with E-state index in [2.05, 4.69) is 43.5 Å². The Balaban J connectivity index is 2.12. The lowest BCUT2D eigenvalue weighted by Crippen LogP contribution is -2.36. The van der Waals surface area contributed by atoms with E-state index in [-0.39, 0.29) is 6.04 Å². The van der Waals surface area contributed by atoms with Gasteiger partial charge in [0.05, 0.1) is 0 Å². The van der Waals surface area contributed by atoms with Crippen LogP contribution in [-0.4, -0.2) is 13.2 Å². The Morgan fingerprint density at radius 3 is 2.68 bits per heavy atom. The highest BCUT2D eigenvalue weighted by atomic mass is 16.5. The van der Waals surface area contributed by atoms with E-state index in [0.29, 0.717) is 11.8 Å². The first-order valence-corrected chi connectivity index (χ1v) is 7.33. The first-order valence-electron chi connectivity index (χ1n) is 7.33. The highest BCUT2D eigenvalue weighted by Gasteiger charge is 2.24. The summed E-state index contributed by atoms with van der Waals surface area (Å²) in [4.78, 5) is 0. The van der Waals surface area contributed by atoms with Crippen LogP contribution in [0.25, 0.3) is 0 Å². The predicted octanol–water partition coefficient (Wildman–Crippen LogP) is 2.82. The van der Waals surface area contributed by atoms with Gasteiger partial charge >= 0.3 is 0 Å². The van der Waals surface area contributed by atoms with E-state index in [9.17, 15) is 0 Å². The third-order valence-corrected chi connectivity index (χ3v) is 3.87. The molecule has 0 amide bonds. The van der Waals surface area contributed by atoms with Crippen molar-refractivity contribution in [2.75, 3.05) is 13.2 Å². The lowest BCUT2D eigenvalue weighted by atomic mass is 9.86. The first-order chi connectivity index (χ1) is 9.20. The molecule has 0 spiro atoms. The van der Waals surface area contributed by atoms with Crippen molar-refractivity contribution in [1.82, 2.24) is 5.43 Å². The Hall–Kier alpha value is -0.900. The maximum Gasteiger partial charge on any atom is 0.0489 e. The van der Waals surface area contributed by atoms with Gasteiger partial charge in [-0.2, -0.15) is 0 Å². The Labute approximate surface area is 116 Å². The van der Waals surface area contributed by atoms with Crippen molar-refractivity contribution in [3.8, 4) is 0 Å². The molecule has 0 radical (unpaired) electrons. The Morgan fingerprint density at radius 1 is 1.32 bits per heavy atom. The molecular weight excluding hydrogens is 236 g/mol. The van der Waals surface area contributed by atoms with Crippen LogP contribution in [0, 0.1) is 11.8 Å². The second kappa shape index (κ2) is 7.04. The SMILES string of the molecule is CC(C)Cc1cccc(C(NN)C2CCOCC2)c1. The zero-order valence-electron chi connectivity index (χ0n) is 12.1. The highest BCUT2D eigenvalue weighted by molar-refractivity contribution is 5.27. The molecule has 0 aromatic heterocycles. The summed E-state index contributed by atoms with van der Waals surface area (Å²) in [5.74, 6) is 7.06. The van der Waals surface area contributed by atoms with Gasteiger partial charge in [0.1, 0.15) is 0 Å². The standard InChI is InChI=1S/C16H26N2O/c1-12(2)10-13-4-3-5-15(11-13)16(18-17)14-6-8-19-9-7-14/h3-5,11-12,14,16,18H,6-10,17H2,1-2H3. The zero-order valence-corrected chi connectivity index (χ0v) is 12.1. The van der Waals surface area contributed by atoms with Crippen LogP contribution in [0.3, 0.4) is 0 Å². The second-order valence-electron chi connectivity index (χ2n) is 5.94. The van der Waals surface area contributed by atoms with Crippen LogP contribution in [0.4, 0.5) is 0 Å². The monoisotopic (exact) mass is 262 g/mol. The number of hydrogen-bond acceptors (Lipinski definition) is 3. The fourth-order valence-corrected chi connectivity index (χ4v) is 2.94. The van der Waals surface area contributed by atoms with Gasteiger partial charge in [0.25, 0.3) is 0 Å². The number of nitrogens with two attached hydrogens (primary N) is 1. The quantitative estimate of drug-likeness (QED) is 0.633. The minimum absolute atomic E-state index is 0.246. The molecule has 1 unspecified atom stereocenters. The van der Waals surface area contributed by atoms with Crippen LogP contribution in [0.5, 0.6) is 0 Å². The van der Waals surface area contributed by atoms with Crippen molar-refractivity contribution >= 4 is 0 Å². The van der Waals surface area contributed by atoms with E-state index < -0.39 is 0 Å². The summed E-state index contributed by atoms with van der Waals surface area (Å²) in [7, 11) is 0. The lowest BCUT2D eigenvalue weighted by molar-refractivity contribution is 0.0536. The van der Waals surface area contributed by atoms with E-state index >= 15 is 0 Å². The number of ether oxygens (including phenoxy) is 1. The molecule has 1 heterocycles. The predicted molar refractivity (Wildman–Crippen MR) is 78.6 cm³/mol. The van der Waals surface area contributed by atoms with Crippen molar-refractivity contribution in [2.45, 2.75) is 39.2 Å². The van der Waals surface area contributed by atoms with E-state index in [1.54, 1.807) is 0 Å². The molecule has 0 aliphatic carbocycles. The van der Waals surface area contributed by atoms with Gasteiger partial charge in [-0.25, -0.2) is 0 Å². The number of hydrogen-bond donors (Lipinski definition) is 2. The number of nitrogens with one attached hydrogen (secondary N) is 1. The van der Waals surface area contributed by atoms with Crippen molar-refractivity contribution in [2.24, 2.45) is 17.7 Å². The molecule has 0 saturated carbocycles. The molecule has 19 heavy (non-hydrogen) atoms. The molecule has 3 N–H and O–H groups in total. The maximum atomic E-state index is 5.80. The molecular formula is C16H26N2O. The molecule has 1 aliphatic heterocycles. The Bertz CT molecular complexity index is 386. The van der Waals surface area contributed by atoms with Crippen LogP contribution >= 0.6 is 0 Å². The van der Waals surface area contributed by atoms with E-state index in [4.69, 9.17) is 10.6 Å². The van der Waals surface area contributed by atoms with Gasteiger partial charge in [0.15, 0.2) is 0 Å². The van der Waals surface area contributed by atoms with Crippen LogP contribution in [0.2, 0.25) is 0 Å². The summed E-state index contributed by atoms with van der Waals surface area (Å²) in [6.45, 7) is 6.22. The smallest absolute Gasteiger partial charge is 0.0489 e. The van der Waals surface area contributed by atoms with Crippen molar-refractivity contribution in [3.05, 3.63) is 35.4 Å². The van der Waals surface area contributed by atoms with Crippen LogP contribution in [0.1, 0.15) is 43.9 Å². The lowest BCUT2D eigenvalue weighted by Gasteiger charge is -2.30. The third-order valence-electron chi connectivity index (χ3n) is 3.87. The fourth-order valence-electron chi connectivity index (χ4n) is 2.94. The van der Waals surface area contributed by atoms with Crippen LogP contribution in [-0.2, 0) is 11.2 Å². The average molecular weight is 262 g/mol. The largest absolute Gasteiger partial charge is 0.381 e. The van der Waals surface area contributed by atoms with Gasteiger partial charge in [0, 0.05) is 19.3 Å². The molecule has 1 atom stereocenters. The Kier molecular flexibility index (Phi) is 5.37. The van der Waals surface area contributed by atoms with Crippen LogP contribution in [0.15, 0.2) is 24.3 Å². The molecule has 106 valence electrons. The van der Waals surface area contributed by atoms with Gasteiger partial charge in [0.2, 0.25) is 0 Å². The third kappa shape index (κ3) is 4.03. The van der Waals surface area contributed by atoms with E-state index in [1.807, 2.05) is 0 Å². The van der Waals surface area contributed by atoms with Crippen molar-refractivity contribution in [3.63, 3.8) is 0 Å². The van der Waals surface area contributed by atoms with E-state index in [0.717, 1.165) is 32.5 Å². The van der Waals surface area contributed by atoms with Crippen molar-refractivity contribution in [1.29, 1.82) is 0 Å². The van der Waals surface area contributed by atoms with Gasteiger partial charge in [-0.1, -0.05) is 38.1 Å². The molecule has 1 aliphatic rings. The number of benzene rings is 1. The molecule has 1 aromatic carbocycles. The van der Waals surface area contributed by atoms with Crippen molar-refractivity contribution < 1.29 is 4.74 Å². The minimum Gasteiger partial charge on any atom is -0.381 e. The molecule has 3 heteroatoms. The summed E-state index contributed by atoms with van der Waals surface area (Å²) in [6, 6.07) is 9.10. The average Bonchev–Trinajstić information content (AvgIpc) is 2.40. The molecule has 0 bridgehead atoms. The molecule has 3 nitrogen and oxygen atoms in total. The summed E-state index contributed by atoms with van der Waals surface area (Å²) < 4.78 is 5.44. The zero-order chi connectivity index (χ0) is 13.7. The highest BCUT2D eigenvalue weighted by Crippen LogP contribution is 2.30. The fraction of sp³-hybridized carbons (Fsp3) is 0.625. The topological polar surface area (TPSA) is 47.3 Å². The maximum absolute atomic E-state index is 5.80. The molecule has 1 saturated heterocycles. The summed E-state index contributed by atoms with van der Waals surface area (Å²) in [5, 5.41) is 0. The molecule has 1 aromatic rings. The second-order valence-corrected chi connectivity index (χ2v) is 5.94. The normalized spacial score (nSPS) is 18.7. The van der Waals surface area contributed by atoms with Gasteiger partial charge in [-0.15, -0.1) is 0 Å². The van der Waals surface area contributed by atoms with Gasteiger partial charge in [-0.3, -0.25) is 11.3 Å². The van der Waals surface area contributed by atoms with Gasteiger partial charge in [-0.05, 0) is 42.2 Å². The molecule has 2 rings (SSSR count). The number of rotatable bonds is 5. The summed E-state index contributed by atoms with van der Waals surface area (Å²) in [6.07, 6.45) is 3.30. The van der Waals surface area contributed by atoms with E-state index in [1.165, 1.54) is 11.1 Å².